The van der Waals surface area contributed by atoms with Crippen LogP contribution in [0.1, 0.15) is 32.1 Å². The average molecular weight is 384 g/mol. The van der Waals surface area contributed by atoms with Gasteiger partial charge < -0.3 is 25.4 Å². The second-order valence-corrected chi connectivity index (χ2v) is 6.74. The molecule has 1 aromatic carbocycles. The maximum absolute atomic E-state index is 12.7. The van der Waals surface area contributed by atoms with E-state index in [9.17, 15) is 9.59 Å². The summed E-state index contributed by atoms with van der Waals surface area (Å²) in [5.41, 5.74) is 6.05. The van der Waals surface area contributed by atoms with Crippen LogP contribution in [-0.4, -0.2) is 44.2 Å². The van der Waals surface area contributed by atoms with E-state index < -0.39 is 11.6 Å². The van der Waals surface area contributed by atoms with Crippen molar-refractivity contribution in [3.8, 4) is 11.5 Å². The van der Waals surface area contributed by atoms with E-state index in [0.29, 0.717) is 43.0 Å². The summed E-state index contributed by atoms with van der Waals surface area (Å²) in [7, 11) is 3.13. The fraction of sp³-hybridized carbons (Fsp3) is 0.556. The maximum atomic E-state index is 12.7. The Morgan fingerprint density at radius 3 is 2.31 bits per heavy atom. The molecule has 1 heterocycles. The molecule has 0 spiro atoms. The molecule has 3 rings (SSSR count). The van der Waals surface area contributed by atoms with E-state index in [-0.39, 0.29) is 24.2 Å². The normalized spacial score (nSPS) is 21.3. The van der Waals surface area contributed by atoms with Crippen LogP contribution in [0.5, 0.6) is 11.5 Å². The molecule has 1 saturated heterocycles. The fourth-order valence-electron chi connectivity index (χ4n) is 3.55. The number of anilines is 1. The van der Waals surface area contributed by atoms with Crippen LogP contribution in [0.15, 0.2) is 18.2 Å². The first-order valence-electron chi connectivity index (χ1n) is 8.61. The molecule has 8 heteroatoms. The van der Waals surface area contributed by atoms with Crippen molar-refractivity contribution in [1.29, 1.82) is 0 Å². The summed E-state index contributed by atoms with van der Waals surface area (Å²) >= 11 is 0. The number of carbonyl (C=O) groups is 2. The van der Waals surface area contributed by atoms with Crippen molar-refractivity contribution in [3.63, 3.8) is 0 Å². The molecule has 26 heavy (non-hydrogen) atoms. The summed E-state index contributed by atoms with van der Waals surface area (Å²) in [5, 5.41) is 2.85. The van der Waals surface area contributed by atoms with Crippen LogP contribution in [0.3, 0.4) is 0 Å². The van der Waals surface area contributed by atoms with Gasteiger partial charge in [0.05, 0.1) is 25.4 Å². The highest BCUT2D eigenvalue weighted by Gasteiger charge is 2.41. The van der Waals surface area contributed by atoms with Gasteiger partial charge in [-0.15, -0.1) is 12.4 Å². The molecule has 1 saturated carbocycles. The van der Waals surface area contributed by atoms with Crippen LogP contribution in [0.25, 0.3) is 0 Å². The van der Waals surface area contributed by atoms with Crippen LogP contribution in [-0.2, 0) is 9.59 Å². The minimum atomic E-state index is -0.827. The SMILES string of the molecule is COc1cc(OC)cc(N2CCC(NC(=O)C3(N)CCCC3)C2=O)c1.Cl. The molecule has 1 atom stereocenters. The Morgan fingerprint density at radius 2 is 1.77 bits per heavy atom. The predicted octanol–water partition coefficient (Wildman–Crippen LogP) is 1.62. The number of hydrogen-bond acceptors (Lipinski definition) is 5. The van der Waals surface area contributed by atoms with E-state index in [1.54, 1.807) is 37.3 Å². The molecular formula is C18H26ClN3O4. The van der Waals surface area contributed by atoms with Gasteiger partial charge in [-0.25, -0.2) is 0 Å². The molecule has 1 aromatic rings. The first-order valence-corrected chi connectivity index (χ1v) is 8.61. The Balaban J connectivity index is 0.00000243. The van der Waals surface area contributed by atoms with Crippen molar-refractivity contribution >= 4 is 29.9 Å². The molecule has 1 aliphatic heterocycles. The van der Waals surface area contributed by atoms with E-state index in [0.717, 1.165) is 12.8 Å². The van der Waals surface area contributed by atoms with Crippen molar-refractivity contribution in [3.05, 3.63) is 18.2 Å². The van der Waals surface area contributed by atoms with E-state index >= 15 is 0 Å². The van der Waals surface area contributed by atoms with Gasteiger partial charge in [0.1, 0.15) is 17.5 Å². The van der Waals surface area contributed by atoms with Crippen molar-refractivity contribution in [2.24, 2.45) is 5.73 Å². The second-order valence-electron chi connectivity index (χ2n) is 6.74. The van der Waals surface area contributed by atoms with Gasteiger partial charge in [-0.3, -0.25) is 9.59 Å². The summed E-state index contributed by atoms with van der Waals surface area (Å²) in [6, 6.07) is 4.78. The molecule has 3 N–H and O–H groups in total. The topological polar surface area (TPSA) is 93.9 Å². The smallest absolute Gasteiger partial charge is 0.249 e. The number of nitrogens with one attached hydrogen (secondary N) is 1. The lowest BCUT2D eigenvalue weighted by atomic mass is 9.97. The summed E-state index contributed by atoms with van der Waals surface area (Å²) in [6.07, 6.45) is 3.82. The highest BCUT2D eigenvalue weighted by atomic mass is 35.5. The largest absolute Gasteiger partial charge is 0.497 e. The lowest BCUT2D eigenvalue weighted by Gasteiger charge is -2.24. The third-order valence-corrected chi connectivity index (χ3v) is 5.11. The van der Waals surface area contributed by atoms with Crippen LogP contribution >= 0.6 is 12.4 Å². The van der Waals surface area contributed by atoms with Gasteiger partial charge >= 0.3 is 0 Å². The first kappa shape index (κ1) is 20.3. The van der Waals surface area contributed by atoms with Gasteiger partial charge in [-0.2, -0.15) is 0 Å². The predicted molar refractivity (Wildman–Crippen MR) is 101 cm³/mol. The molecule has 0 radical (unpaired) electrons. The average Bonchev–Trinajstić information content (AvgIpc) is 3.22. The number of benzene rings is 1. The number of amides is 2. The molecule has 1 unspecified atom stereocenters. The first-order chi connectivity index (χ1) is 12.0. The van der Waals surface area contributed by atoms with Crippen molar-refractivity contribution in [2.45, 2.75) is 43.7 Å². The van der Waals surface area contributed by atoms with E-state index in [2.05, 4.69) is 5.32 Å². The molecule has 0 aromatic heterocycles. The summed E-state index contributed by atoms with van der Waals surface area (Å²) in [4.78, 5) is 26.9. The summed E-state index contributed by atoms with van der Waals surface area (Å²) < 4.78 is 10.5. The van der Waals surface area contributed by atoms with Crippen molar-refractivity contribution < 1.29 is 19.1 Å². The number of ether oxygens (including phenoxy) is 2. The second kappa shape index (κ2) is 8.14. The summed E-state index contributed by atoms with van der Waals surface area (Å²) in [5.74, 6) is 0.877. The zero-order chi connectivity index (χ0) is 18.0. The van der Waals surface area contributed by atoms with E-state index in [1.807, 2.05) is 0 Å². The maximum Gasteiger partial charge on any atom is 0.249 e. The standard InChI is InChI=1S/C18H25N3O4.ClH/c1-24-13-9-12(10-14(11-13)25-2)21-8-5-15(16(21)22)20-17(23)18(19)6-3-4-7-18;/h9-11,15H,3-8,19H2,1-2H3,(H,20,23);1H. The molecule has 0 bridgehead atoms. The highest BCUT2D eigenvalue weighted by molar-refractivity contribution is 6.02. The van der Waals surface area contributed by atoms with Crippen LogP contribution in [0.2, 0.25) is 0 Å². The van der Waals surface area contributed by atoms with Gasteiger partial charge in [-0.05, 0) is 19.3 Å². The lowest BCUT2D eigenvalue weighted by molar-refractivity contribution is -0.130. The number of halogens is 1. The Bertz CT molecular complexity index is 654. The van der Waals surface area contributed by atoms with Gasteiger partial charge in [0.25, 0.3) is 0 Å². The fourth-order valence-corrected chi connectivity index (χ4v) is 3.55. The van der Waals surface area contributed by atoms with Gasteiger partial charge in [0, 0.05) is 24.7 Å². The molecule has 7 nitrogen and oxygen atoms in total. The molecule has 2 fully saturated rings. The quantitative estimate of drug-likeness (QED) is 0.805. The minimum Gasteiger partial charge on any atom is -0.497 e. The number of carbonyl (C=O) groups excluding carboxylic acids is 2. The number of methoxy groups -OCH3 is 2. The van der Waals surface area contributed by atoms with E-state index in [1.165, 1.54) is 0 Å². The number of nitrogens with zero attached hydrogens (tertiary/aromatic N) is 1. The Hall–Kier alpha value is -1.99. The highest BCUT2D eigenvalue weighted by Crippen LogP contribution is 2.32. The summed E-state index contributed by atoms with van der Waals surface area (Å²) in [6.45, 7) is 0.525. The Morgan fingerprint density at radius 1 is 1.19 bits per heavy atom. The molecular weight excluding hydrogens is 358 g/mol. The van der Waals surface area contributed by atoms with Crippen LogP contribution in [0.4, 0.5) is 5.69 Å². The van der Waals surface area contributed by atoms with Gasteiger partial charge in [0.2, 0.25) is 11.8 Å². The van der Waals surface area contributed by atoms with Crippen molar-refractivity contribution in [1.82, 2.24) is 5.32 Å². The van der Waals surface area contributed by atoms with Crippen molar-refractivity contribution in [2.75, 3.05) is 25.7 Å². The molecule has 2 amide bonds. The molecule has 2 aliphatic rings. The molecule has 1 aliphatic carbocycles. The number of hydrogen-bond donors (Lipinski definition) is 2. The molecule has 144 valence electrons. The zero-order valence-corrected chi connectivity index (χ0v) is 15.9. The van der Waals surface area contributed by atoms with Gasteiger partial charge in [-0.1, -0.05) is 12.8 Å². The number of nitrogens with two attached hydrogens (primary N) is 1. The Kier molecular flexibility index (Phi) is 6.36. The third-order valence-electron chi connectivity index (χ3n) is 5.11. The zero-order valence-electron chi connectivity index (χ0n) is 15.1. The van der Waals surface area contributed by atoms with Gasteiger partial charge in [0.15, 0.2) is 0 Å². The minimum absolute atomic E-state index is 0. The van der Waals surface area contributed by atoms with Crippen LogP contribution < -0.4 is 25.4 Å². The van der Waals surface area contributed by atoms with Crippen LogP contribution in [0, 0.1) is 0 Å². The monoisotopic (exact) mass is 383 g/mol. The number of rotatable bonds is 5. The third kappa shape index (κ3) is 3.88. The Labute approximate surface area is 159 Å². The lowest BCUT2D eigenvalue weighted by Crippen LogP contribution is -2.55. The van der Waals surface area contributed by atoms with E-state index in [4.69, 9.17) is 15.2 Å².